The molecule has 104 valence electrons. The number of ether oxygens (including phenoxy) is 2. The van der Waals surface area contributed by atoms with Crippen LogP contribution in [-0.2, 0) is 21.2 Å². The molecule has 0 aromatic heterocycles. The van der Waals surface area contributed by atoms with Crippen molar-refractivity contribution in [2.45, 2.75) is 24.3 Å². The van der Waals surface area contributed by atoms with Gasteiger partial charge in [-0.3, -0.25) is 0 Å². The highest BCUT2D eigenvalue weighted by molar-refractivity contribution is 7.89. The van der Waals surface area contributed by atoms with Crippen molar-refractivity contribution in [3.63, 3.8) is 0 Å². The van der Waals surface area contributed by atoms with Crippen LogP contribution >= 0.6 is 0 Å². The number of sulfonamides is 1. The van der Waals surface area contributed by atoms with Gasteiger partial charge in [0, 0.05) is 26.1 Å². The van der Waals surface area contributed by atoms with E-state index in [4.69, 9.17) is 9.47 Å². The number of nitrogens with zero attached hydrogens (tertiary/aromatic N) is 1. The largest absolute Gasteiger partial charge is 0.492 e. The first-order valence-electron chi connectivity index (χ1n) is 6.49. The molecule has 0 bridgehead atoms. The summed E-state index contributed by atoms with van der Waals surface area (Å²) in [6, 6.07) is 5.31. The van der Waals surface area contributed by atoms with Crippen LogP contribution in [0, 0.1) is 0 Å². The number of rotatable bonds is 4. The Bertz CT molecular complexity index is 578. The zero-order valence-electron chi connectivity index (χ0n) is 10.8. The maximum absolute atomic E-state index is 12.5. The van der Waals surface area contributed by atoms with Gasteiger partial charge in [0.2, 0.25) is 10.0 Å². The van der Waals surface area contributed by atoms with Gasteiger partial charge < -0.3 is 9.47 Å². The van der Waals surface area contributed by atoms with Gasteiger partial charge in [-0.15, -0.1) is 0 Å². The minimum Gasteiger partial charge on any atom is -0.492 e. The van der Waals surface area contributed by atoms with Crippen molar-refractivity contribution in [1.29, 1.82) is 0 Å². The summed E-state index contributed by atoms with van der Waals surface area (Å²) in [6.07, 6.45) is 0.803. The molecule has 2 heterocycles. The second-order valence-electron chi connectivity index (χ2n) is 4.74. The molecule has 1 saturated heterocycles. The molecule has 19 heavy (non-hydrogen) atoms. The molecular formula is C13H17NO4S. The van der Waals surface area contributed by atoms with Gasteiger partial charge in [0.15, 0.2) is 0 Å². The third-order valence-electron chi connectivity index (χ3n) is 3.51. The first-order valence-corrected chi connectivity index (χ1v) is 7.93. The first kappa shape index (κ1) is 12.9. The predicted molar refractivity (Wildman–Crippen MR) is 69.8 cm³/mol. The van der Waals surface area contributed by atoms with Crippen LogP contribution in [0.2, 0.25) is 0 Å². The number of hydrogen-bond donors (Lipinski definition) is 0. The van der Waals surface area contributed by atoms with Gasteiger partial charge in [0.25, 0.3) is 0 Å². The molecule has 0 saturated carbocycles. The zero-order valence-corrected chi connectivity index (χ0v) is 11.6. The summed E-state index contributed by atoms with van der Waals surface area (Å²) in [5, 5.41) is 0. The Morgan fingerprint density at radius 1 is 1.42 bits per heavy atom. The highest BCUT2D eigenvalue weighted by atomic mass is 32.2. The Morgan fingerprint density at radius 2 is 2.21 bits per heavy atom. The summed E-state index contributed by atoms with van der Waals surface area (Å²) in [4.78, 5) is 0.289. The average molecular weight is 283 g/mol. The second kappa shape index (κ2) is 4.77. The lowest BCUT2D eigenvalue weighted by molar-refractivity contribution is -0.0136. The third kappa shape index (κ3) is 2.13. The molecule has 1 aromatic rings. The van der Waals surface area contributed by atoms with Crippen LogP contribution in [0.25, 0.3) is 0 Å². The number of para-hydroxylation sites is 1. The molecule has 1 aromatic carbocycles. The van der Waals surface area contributed by atoms with Gasteiger partial charge >= 0.3 is 0 Å². The van der Waals surface area contributed by atoms with Crippen LogP contribution in [0.3, 0.4) is 0 Å². The molecule has 2 aliphatic rings. The Labute approximate surface area is 113 Å². The van der Waals surface area contributed by atoms with E-state index in [1.165, 1.54) is 4.31 Å². The van der Waals surface area contributed by atoms with Crippen LogP contribution in [0.4, 0.5) is 0 Å². The summed E-state index contributed by atoms with van der Waals surface area (Å²) in [5.41, 5.74) is 0.975. The van der Waals surface area contributed by atoms with Crippen molar-refractivity contribution >= 4 is 10.0 Å². The number of hydrogen-bond acceptors (Lipinski definition) is 4. The Hall–Kier alpha value is -1.11. The van der Waals surface area contributed by atoms with E-state index in [0.717, 1.165) is 12.0 Å². The molecule has 3 rings (SSSR count). The van der Waals surface area contributed by atoms with Crippen molar-refractivity contribution in [1.82, 2.24) is 4.31 Å². The lowest BCUT2D eigenvalue weighted by Gasteiger charge is -2.37. The normalized spacial score (nSPS) is 19.8. The third-order valence-corrected chi connectivity index (χ3v) is 5.37. The first-order chi connectivity index (χ1) is 9.13. The van der Waals surface area contributed by atoms with Crippen LogP contribution in [-0.4, -0.2) is 45.1 Å². The van der Waals surface area contributed by atoms with Crippen LogP contribution < -0.4 is 4.74 Å². The lowest BCUT2D eigenvalue weighted by atomic mass is 10.2. The molecule has 0 N–H and O–H groups in total. The quantitative estimate of drug-likeness (QED) is 0.828. The molecule has 0 unspecified atom stereocenters. The summed E-state index contributed by atoms with van der Waals surface area (Å²) in [5.74, 6) is 0.530. The van der Waals surface area contributed by atoms with Gasteiger partial charge in [-0.25, -0.2) is 8.42 Å². The second-order valence-corrected chi connectivity index (χ2v) is 6.65. The van der Waals surface area contributed by atoms with E-state index < -0.39 is 10.0 Å². The van der Waals surface area contributed by atoms with E-state index in [1.54, 1.807) is 12.1 Å². The standard InChI is InChI=1S/C13H17NO4S/c1-2-17-11-8-14(9-11)19(15,16)12-5-3-4-10-6-7-18-13(10)12/h3-5,11H,2,6-9H2,1H3. The van der Waals surface area contributed by atoms with Crippen LogP contribution in [0.15, 0.2) is 23.1 Å². The fraction of sp³-hybridized carbons (Fsp3) is 0.538. The fourth-order valence-electron chi connectivity index (χ4n) is 2.47. The van der Waals surface area contributed by atoms with Crippen molar-refractivity contribution in [3.05, 3.63) is 23.8 Å². The minimum atomic E-state index is -3.45. The summed E-state index contributed by atoms with van der Waals surface area (Å²) < 4.78 is 37.3. The highest BCUT2D eigenvalue weighted by Gasteiger charge is 2.39. The Balaban J connectivity index is 1.84. The molecule has 0 radical (unpaired) electrons. The van der Waals surface area contributed by atoms with E-state index in [9.17, 15) is 8.42 Å². The Morgan fingerprint density at radius 3 is 2.95 bits per heavy atom. The fourth-order valence-corrected chi connectivity index (χ4v) is 4.14. The number of benzene rings is 1. The lowest BCUT2D eigenvalue weighted by Crippen LogP contribution is -2.54. The van der Waals surface area contributed by atoms with Crippen molar-refractivity contribution in [3.8, 4) is 5.75 Å². The molecule has 5 nitrogen and oxygen atoms in total. The van der Waals surface area contributed by atoms with Crippen molar-refractivity contribution in [2.24, 2.45) is 0 Å². The molecule has 6 heteroatoms. The van der Waals surface area contributed by atoms with Gasteiger partial charge in [-0.05, 0) is 18.6 Å². The average Bonchev–Trinajstić information content (AvgIpc) is 2.80. The van der Waals surface area contributed by atoms with E-state index >= 15 is 0 Å². The summed E-state index contributed by atoms with van der Waals surface area (Å²) in [7, 11) is -3.45. The molecule has 0 spiro atoms. The highest BCUT2D eigenvalue weighted by Crippen LogP contribution is 2.35. The van der Waals surface area contributed by atoms with E-state index in [1.807, 2.05) is 13.0 Å². The van der Waals surface area contributed by atoms with Crippen molar-refractivity contribution in [2.75, 3.05) is 26.3 Å². The maximum atomic E-state index is 12.5. The van der Waals surface area contributed by atoms with Crippen LogP contribution in [0.5, 0.6) is 5.75 Å². The smallest absolute Gasteiger partial charge is 0.246 e. The zero-order chi connectivity index (χ0) is 13.5. The predicted octanol–water partition coefficient (Wildman–Crippen LogP) is 1.03. The SMILES string of the molecule is CCOC1CN(S(=O)(=O)c2cccc3c2OCC3)C1. The molecule has 0 amide bonds. The van der Waals surface area contributed by atoms with Crippen LogP contribution in [0.1, 0.15) is 12.5 Å². The number of fused-ring (bicyclic) bond motifs is 1. The topological polar surface area (TPSA) is 55.8 Å². The Kier molecular flexibility index (Phi) is 3.24. The van der Waals surface area contributed by atoms with Crippen molar-refractivity contribution < 1.29 is 17.9 Å². The van der Waals surface area contributed by atoms with E-state index in [0.29, 0.717) is 32.1 Å². The van der Waals surface area contributed by atoms with Gasteiger partial charge in [0.05, 0.1) is 12.7 Å². The molecular weight excluding hydrogens is 266 g/mol. The minimum absolute atomic E-state index is 0.0254. The van der Waals surface area contributed by atoms with E-state index in [2.05, 4.69) is 0 Å². The molecule has 2 aliphatic heterocycles. The summed E-state index contributed by atoms with van der Waals surface area (Å²) in [6.45, 7) is 3.95. The monoisotopic (exact) mass is 283 g/mol. The summed E-state index contributed by atoms with van der Waals surface area (Å²) >= 11 is 0. The molecule has 1 fully saturated rings. The van der Waals surface area contributed by atoms with Gasteiger partial charge in [-0.2, -0.15) is 4.31 Å². The van der Waals surface area contributed by atoms with Gasteiger partial charge in [-0.1, -0.05) is 12.1 Å². The molecule has 0 atom stereocenters. The van der Waals surface area contributed by atoms with E-state index in [-0.39, 0.29) is 11.0 Å². The maximum Gasteiger partial charge on any atom is 0.246 e. The van der Waals surface area contributed by atoms with Gasteiger partial charge in [0.1, 0.15) is 10.6 Å². The molecule has 0 aliphatic carbocycles.